The third kappa shape index (κ3) is 5.45. The van der Waals surface area contributed by atoms with Crippen LogP contribution in [0.3, 0.4) is 0 Å². The lowest BCUT2D eigenvalue weighted by atomic mass is 10.1. The lowest BCUT2D eigenvalue weighted by Crippen LogP contribution is -2.43. The summed E-state index contributed by atoms with van der Waals surface area (Å²) in [5.41, 5.74) is 1.98. The normalized spacial score (nSPS) is 19.9. The Morgan fingerprint density at radius 3 is 2.68 bits per heavy atom. The van der Waals surface area contributed by atoms with E-state index in [4.69, 9.17) is 9.47 Å². The van der Waals surface area contributed by atoms with Crippen molar-refractivity contribution < 1.29 is 27.5 Å². The van der Waals surface area contributed by atoms with Crippen molar-refractivity contribution >= 4 is 21.7 Å². The number of hydrogen-bond donors (Lipinski definition) is 1. The molecular formula is C17H23NO6S. The van der Waals surface area contributed by atoms with E-state index in [0.29, 0.717) is 12.2 Å². The number of rotatable bonds is 6. The van der Waals surface area contributed by atoms with Crippen molar-refractivity contribution in [2.75, 3.05) is 18.1 Å². The highest BCUT2D eigenvalue weighted by atomic mass is 32.2. The highest BCUT2D eigenvalue weighted by molar-refractivity contribution is 7.91. The van der Waals surface area contributed by atoms with E-state index in [2.05, 4.69) is 5.32 Å². The van der Waals surface area contributed by atoms with Crippen LogP contribution >= 0.6 is 0 Å². The third-order valence-electron chi connectivity index (χ3n) is 4.16. The molecular weight excluding hydrogens is 346 g/mol. The fourth-order valence-corrected chi connectivity index (χ4v) is 4.20. The van der Waals surface area contributed by atoms with Crippen LogP contribution in [0.15, 0.2) is 18.2 Å². The zero-order valence-electron chi connectivity index (χ0n) is 14.6. The molecule has 8 heteroatoms. The van der Waals surface area contributed by atoms with Gasteiger partial charge in [0.2, 0.25) is 0 Å². The average molecular weight is 369 g/mol. The fourth-order valence-electron chi connectivity index (χ4n) is 2.53. The van der Waals surface area contributed by atoms with Crippen LogP contribution < -0.4 is 10.1 Å². The predicted octanol–water partition coefficient (Wildman–Crippen LogP) is 0.917. The predicted molar refractivity (Wildman–Crippen MR) is 92.2 cm³/mol. The molecule has 0 unspecified atom stereocenters. The number of hydrogen-bond acceptors (Lipinski definition) is 6. The standard InChI is InChI=1S/C17H23NO6S/c1-11-5-4-6-15(12(11)2)23-9-16(19)24-13(3)17(20)18-14-7-8-25(21,22)10-14/h4-6,13-14H,7-10H2,1-3H3,(H,18,20)/t13-,14+/m1/s1. The van der Waals surface area contributed by atoms with Crippen LogP contribution in [-0.4, -0.2) is 50.6 Å². The number of carbonyl (C=O) groups excluding carboxylic acids is 2. The van der Waals surface area contributed by atoms with Gasteiger partial charge in [-0.25, -0.2) is 13.2 Å². The van der Waals surface area contributed by atoms with E-state index in [9.17, 15) is 18.0 Å². The summed E-state index contributed by atoms with van der Waals surface area (Å²) in [6.45, 7) is 4.96. The van der Waals surface area contributed by atoms with Gasteiger partial charge in [-0.15, -0.1) is 0 Å². The van der Waals surface area contributed by atoms with E-state index in [1.807, 2.05) is 26.0 Å². The second kappa shape index (κ2) is 7.86. The van der Waals surface area contributed by atoms with Crippen molar-refractivity contribution in [1.29, 1.82) is 0 Å². The van der Waals surface area contributed by atoms with Gasteiger partial charge in [0.15, 0.2) is 22.5 Å². The molecule has 0 saturated carbocycles. The van der Waals surface area contributed by atoms with Gasteiger partial charge in [-0.1, -0.05) is 12.1 Å². The first kappa shape index (κ1) is 19.2. The Bertz CT molecular complexity index is 758. The first-order valence-corrected chi connectivity index (χ1v) is 9.89. The van der Waals surface area contributed by atoms with E-state index < -0.39 is 33.9 Å². The molecule has 1 aliphatic heterocycles. The minimum atomic E-state index is -3.08. The van der Waals surface area contributed by atoms with E-state index >= 15 is 0 Å². The lowest BCUT2D eigenvalue weighted by Gasteiger charge is -2.17. The first-order chi connectivity index (χ1) is 11.7. The minimum Gasteiger partial charge on any atom is -0.482 e. The quantitative estimate of drug-likeness (QED) is 0.749. The molecule has 0 aliphatic carbocycles. The summed E-state index contributed by atoms with van der Waals surface area (Å²) in [4.78, 5) is 23.8. The van der Waals surface area contributed by atoms with Crippen LogP contribution in [-0.2, 0) is 24.2 Å². The van der Waals surface area contributed by atoms with Gasteiger partial charge in [0.25, 0.3) is 5.91 Å². The highest BCUT2D eigenvalue weighted by Crippen LogP contribution is 2.20. The monoisotopic (exact) mass is 369 g/mol. The second-order valence-corrected chi connectivity index (χ2v) is 8.46. The molecule has 1 fully saturated rings. The summed E-state index contributed by atoms with van der Waals surface area (Å²) < 4.78 is 33.3. The molecule has 1 aliphatic rings. The van der Waals surface area contributed by atoms with E-state index in [1.54, 1.807) is 6.07 Å². The second-order valence-electron chi connectivity index (χ2n) is 6.23. The topological polar surface area (TPSA) is 98.8 Å². The first-order valence-electron chi connectivity index (χ1n) is 8.07. The molecule has 1 heterocycles. The lowest BCUT2D eigenvalue weighted by molar-refractivity contribution is -0.156. The number of amides is 1. The number of sulfone groups is 1. The zero-order chi connectivity index (χ0) is 18.6. The molecule has 7 nitrogen and oxygen atoms in total. The number of ether oxygens (including phenoxy) is 2. The molecule has 25 heavy (non-hydrogen) atoms. The zero-order valence-corrected chi connectivity index (χ0v) is 15.4. The summed E-state index contributed by atoms with van der Waals surface area (Å²) in [6.07, 6.45) is -0.636. The van der Waals surface area contributed by atoms with Crippen molar-refractivity contribution in [3.8, 4) is 5.75 Å². The maximum absolute atomic E-state index is 12.0. The van der Waals surface area contributed by atoms with Gasteiger partial charge in [0.1, 0.15) is 5.75 Å². The molecule has 1 amide bonds. The largest absolute Gasteiger partial charge is 0.482 e. The molecule has 1 saturated heterocycles. The van der Waals surface area contributed by atoms with Gasteiger partial charge in [0, 0.05) is 6.04 Å². The van der Waals surface area contributed by atoms with Crippen molar-refractivity contribution in [3.05, 3.63) is 29.3 Å². The molecule has 1 N–H and O–H groups in total. The summed E-state index contributed by atoms with van der Waals surface area (Å²) in [5.74, 6) is -0.597. The number of nitrogens with one attached hydrogen (secondary N) is 1. The molecule has 0 aromatic heterocycles. The van der Waals surface area contributed by atoms with Crippen LogP contribution in [0.4, 0.5) is 0 Å². The van der Waals surface area contributed by atoms with Gasteiger partial charge in [-0.05, 0) is 44.4 Å². The Balaban J connectivity index is 1.79. The number of benzene rings is 1. The van der Waals surface area contributed by atoms with Crippen LogP contribution in [0.2, 0.25) is 0 Å². The van der Waals surface area contributed by atoms with Crippen LogP contribution in [0.5, 0.6) is 5.75 Å². The minimum absolute atomic E-state index is 0.0653. The average Bonchev–Trinajstić information content (AvgIpc) is 2.87. The Hall–Kier alpha value is -2.09. The van der Waals surface area contributed by atoms with Gasteiger partial charge in [-0.2, -0.15) is 0 Å². The number of esters is 1. The van der Waals surface area contributed by atoms with Gasteiger partial charge < -0.3 is 14.8 Å². The van der Waals surface area contributed by atoms with Gasteiger partial charge in [0.05, 0.1) is 11.5 Å². The third-order valence-corrected chi connectivity index (χ3v) is 5.92. The maximum atomic E-state index is 12.0. The smallest absolute Gasteiger partial charge is 0.344 e. The van der Waals surface area contributed by atoms with Crippen molar-refractivity contribution in [3.63, 3.8) is 0 Å². The summed E-state index contributed by atoms with van der Waals surface area (Å²) in [5, 5.41) is 2.59. The van der Waals surface area contributed by atoms with Crippen LogP contribution in [0.1, 0.15) is 24.5 Å². The van der Waals surface area contributed by atoms with Crippen molar-refractivity contribution in [2.45, 2.75) is 39.3 Å². The van der Waals surface area contributed by atoms with Crippen molar-refractivity contribution in [1.82, 2.24) is 5.32 Å². The Morgan fingerprint density at radius 2 is 2.04 bits per heavy atom. The number of carbonyl (C=O) groups is 2. The van der Waals surface area contributed by atoms with E-state index in [1.165, 1.54) is 6.92 Å². The van der Waals surface area contributed by atoms with Crippen LogP contribution in [0.25, 0.3) is 0 Å². The maximum Gasteiger partial charge on any atom is 0.344 e. The van der Waals surface area contributed by atoms with Gasteiger partial charge >= 0.3 is 5.97 Å². The Labute approximate surface area is 147 Å². The summed E-state index contributed by atoms with van der Waals surface area (Å²) in [7, 11) is -3.08. The molecule has 1 aromatic carbocycles. The molecule has 2 rings (SSSR count). The van der Waals surface area contributed by atoms with Crippen LogP contribution in [0, 0.1) is 13.8 Å². The van der Waals surface area contributed by atoms with Crippen molar-refractivity contribution in [2.24, 2.45) is 0 Å². The number of aryl methyl sites for hydroxylation is 1. The highest BCUT2D eigenvalue weighted by Gasteiger charge is 2.30. The van der Waals surface area contributed by atoms with E-state index in [0.717, 1.165) is 11.1 Å². The molecule has 138 valence electrons. The Kier molecular flexibility index (Phi) is 6.05. The van der Waals surface area contributed by atoms with Gasteiger partial charge in [-0.3, -0.25) is 4.79 Å². The fraction of sp³-hybridized carbons (Fsp3) is 0.529. The molecule has 1 aromatic rings. The molecule has 0 radical (unpaired) electrons. The Morgan fingerprint density at radius 1 is 1.32 bits per heavy atom. The van der Waals surface area contributed by atoms with E-state index in [-0.39, 0.29) is 18.1 Å². The molecule has 2 atom stereocenters. The molecule has 0 bridgehead atoms. The summed E-state index contributed by atoms with van der Waals surface area (Å²) in [6, 6.07) is 5.10. The summed E-state index contributed by atoms with van der Waals surface area (Å²) >= 11 is 0. The SMILES string of the molecule is Cc1cccc(OCC(=O)O[C@H](C)C(=O)N[C@H]2CCS(=O)(=O)C2)c1C. The molecule has 0 spiro atoms.